The Morgan fingerprint density at radius 2 is 1.57 bits per heavy atom. The highest BCUT2D eigenvalue weighted by atomic mass is 19.4. The molecule has 1 heterocycles. The molecular formula is C22H16F5NO2. The summed E-state index contributed by atoms with van der Waals surface area (Å²) in [5.74, 6) is -2.48. The van der Waals surface area contributed by atoms with Crippen LogP contribution in [0.4, 0.5) is 22.0 Å². The number of ether oxygens (including phenoxy) is 2. The first kappa shape index (κ1) is 20.3. The standard InChI is InChI=1S/C22H16F5NO2/c23-16-7-4-8-17(24)19(16)20-28-18(13-29-20)21(30-22(25,26)27)11-9-15(10-12-21)14-5-2-1-3-6-14/h1-12,15,18H,13H2. The highest BCUT2D eigenvalue weighted by molar-refractivity contribution is 5.95. The van der Waals surface area contributed by atoms with Crippen molar-refractivity contribution >= 4 is 5.90 Å². The molecule has 1 unspecified atom stereocenters. The van der Waals surface area contributed by atoms with E-state index in [1.54, 1.807) is 12.2 Å². The van der Waals surface area contributed by atoms with E-state index in [-0.39, 0.29) is 12.5 Å². The van der Waals surface area contributed by atoms with Crippen molar-refractivity contribution < 1.29 is 31.4 Å². The Labute approximate surface area is 169 Å². The quantitative estimate of drug-likeness (QED) is 0.496. The maximum absolute atomic E-state index is 14.0. The molecule has 2 aromatic carbocycles. The zero-order valence-electron chi connectivity index (χ0n) is 15.4. The molecule has 3 nitrogen and oxygen atoms in total. The minimum absolute atomic E-state index is 0.244. The Hall–Kier alpha value is -3.00. The average Bonchev–Trinajstić information content (AvgIpc) is 3.18. The monoisotopic (exact) mass is 421 g/mol. The molecule has 1 atom stereocenters. The Morgan fingerprint density at radius 1 is 0.933 bits per heavy atom. The predicted molar refractivity (Wildman–Crippen MR) is 100.0 cm³/mol. The van der Waals surface area contributed by atoms with Crippen LogP contribution in [-0.4, -0.2) is 30.5 Å². The van der Waals surface area contributed by atoms with Crippen LogP contribution in [0, 0.1) is 11.6 Å². The summed E-state index contributed by atoms with van der Waals surface area (Å²) in [6, 6.07) is 11.2. The zero-order valence-corrected chi connectivity index (χ0v) is 15.4. The minimum Gasteiger partial charge on any atom is -0.475 e. The third-order valence-corrected chi connectivity index (χ3v) is 4.95. The molecule has 0 spiro atoms. The maximum Gasteiger partial charge on any atom is 0.523 e. The second-order valence-corrected chi connectivity index (χ2v) is 6.91. The fraction of sp³-hybridized carbons (Fsp3) is 0.227. The van der Waals surface area contributed by atoms with Crippen molar-refractivity contribution in [1.29, 1.82) is 0 Å². The molecule has 8 heteroatoms. The van der Waals surface area contributed by atoms with E-state index in [1.165, 1.54) is 18.2 Å². The van der Waals surface area contributed by atoms with Gasteiger partial charge in [-0.3, -0.25) is 4.74 Å². The zero-order chi connectivity index (χ0) is 21.4. The number of halogens is 5. The molecule has 30 heavy (non-hydrogen) atoms. The van der Waals surface area contributed by atoms with E-state index in [2.05, 4.69) is 9.73 Å². The Bertz CT molecular complexity index is 980. The third-order valence-electron chi connectivity index (χ3n) is 4.95. The number of hydrogen-bond donors (Lipinski definition) is 0. The molecule has 0 aromatic heterocycles. The number of aliphatic imine (C=N–C) groups is 1. The molecule has 156 valence electrons. The fourth-order valence-corrected chi connectivity index (χ4v) is 3.53. The number of allylic oxidation sites excluding steroid dienone is 2. The summed E-state index contributed by atoms with van der Waals surface area (Å²) in [6.45, 7) is -0.329. The number of rotatable bonds is 4. The molecule has 0 saturated carbocycles. The van der Waals surface area contributed by atoms with Crippen LogP contribution in [-0.2, 0) is 9.47 Å². The van der Waals surface area contributed by atoms with Gasteiger partial charge in [0.25, 0.3) is 0 Å². The minimum atomic E-state index is -4.96. The Kier molecular flexibility index (Phi) is 5.19. The smallest absolute Gasteiger partial charge is 0.475 e. The molecule has 0 saturated heterocycles. The topological polar surface area (TPSA) is 30.8 Å². The Morgan fingerprint density at radius 3 is 2.17 bits per heavy atom. The summed E-state index contributed by atoms with van der Waals surface area (Å²) in [5.41, 5.74) is -1.62. The van der Waals surface area contributed by atoms with Gasteiger partial charge in [-0.25, -0.2) is 13.8 Å². The van der Waals surface area contributed by atoms with Gasteiger partial charge in [0.1, 0.15) is 35.4 Å². The molecular weight excluding hydrogens is 405 g/mol. The van der Waals surface area contributed by atoms with Gasteiger partial charge in [-0.15, -0.1) is 13.2 Å². The number of benzene rings is 2. The van der Waals surface area contributed by atoms with Crippen molar-refractivity contribution in [2.45, 2.75) is 23.9 Å². The van der Waals surface area contributed by atoms with Gasteiger partial charge < -0.3 is 4.74 Å². The molecule has 2 aliphatic rings. The van der Waals surface area contributed by atoms with Crippen LogP contribution in [0.1, 0.15) is 17.0 Å². The second-order valence-electron chi connectivity index (χ2n) is 6.91. The fourth-order valence-electron chi connectivity index (χ4n) is 3.53. The average molecular weight is 421 g/mol. The van der Waals surface area contributed by atoms with Crippen molar-refractivity contribution in [3.63, 3.8) is 0 Å². The van der Waals surface area contributed by atoms with Gasteiger partial charge >= 0.3 is 6.36 Å². The van der Waals surface area contributed by atoms with E-state index in [9.17, 15) is 22.0 Å². The lowest BCUT2D eigenvalue weighted by molar-refractivity contribution is -0.353. The second kappa shape index (κ2) is 7.68. The summed E-state index contributed by atoms with van der Waals surface area (Å²) in [6.07, 6.45) is 0.749. The van der Waals surface area contributed by atoms with Crippen molar-refractivity contribution in [3.05, 3.63) is 95.6 Å². The number of alkyl halides is 3. The van der Waals surface area contributed by atoms with E-state index < -0.39 is 41.1 Å². The first-order chi connectivity index (χ1) is 14.3. The molecule has 2 aromatic rings. The van der Waals surface area contributed by atoms with Gasteiger partial charge in [0.15, 0.2) is 0 Å². The van der Waals surface area contributed by atoms with Crippen molar-refractivity contribution in [1.82, 2.24) is 0 Å². The van der Waals surface area contributed by atoms with Crippen molar-refractivity contribution in [3.8, 4) is 0 Å². The highest BCUT2D eigenvalue weighted by Crippen LogP contribution is 2.38. The van der Waals surface area contributed by atoms with E-state index in [1.807, 2.05) is 30.3 Å². The lowest BCUT2D eigenvalue weighted by atomic mass is 9.84. The maximum atomic E-state index is 14.0. The molecule has 0 bridgehead atoms. The van der Waals surface area contributed by atoms with Gasteiger partial charge in [-0.2, -0.15) is 0 Å². The third kappa shape index (κ3) is 4.00. The number of hydrogen-bond acceptors (Lipinski definition) is 3. The lowest BCUT2D eigenvalue weighted by Crippen LogP contribution is -2.46. The first-order valence-electron chi connectivity index (χ1n) is 9.13. The SMILES string of the molecule is Fc1cccc(F)c1C1=NC(C2(OC(F)(F)F)C=CC(c3ccccc3)C=C2)CO1. The van der Waals surface area contributed by atoms with Gasteiger partial charge in [0, 0.05) is 5.92 Å². The van der Waals surface area contributed by atoms with E-state index in [4.69, 9.17) is 4.74 Å². The van der Waals surface area contributed by atoms with Crippen LogP contribution >= 0.6 is 0 Å². The summed E-state index contributed by atoms with van der Waals surface area (Å²) < 4.78 is 77.4. The molecule has 0 N–H and O–H groups in total. The largest absolute Gasteiger partial charge is 0.523 e. The summed E-state index contributed by atoms with van der Waals surface area (Å²) in [4.78, 5) is 4.04. The predicted octanol–water partition coefficient (Wildman–Crippen LogP) is 5.30. The summed E-state index contributed by atoms with van der Waals surface area (Å²) in [5, 5.41) is 0. The van der Waals surface area contributed by atoms with E-state index in [0.29, 0.717) is 0 Å². The van der Waals surface area contributed by atoms with Gasteiger partial charge in [0.2, 0.25) is 5.90 Å². The molecule has 0 radical (unpaired) electrons. The van der Waals surface area contributed by atoms with Gasteiger partial charge in [-0.05, 0) is 29.8 Å². The number of nitrogens with zero attached hydrogens (tertiary/aromatic N) is 1. The van der Waals surface area contributed by atoms with Crippen LogP contribution in [0.25, 0.3) is 0 Å². The van der Waals surface area contributed by atoms with Gasteiger partial charge in [0.05, 0.1) is 0 Å². The van der Waals surface area contributed by atoms with Crippen molar-refractivity contribution in [2.75, 3.05) is 6.61 Å². The first-order valence-corrected chi connectivity index (χ1v) is 9.13. The molecule has 1 aliphatic carbocycles. The molecule has 0 amide bonds. The summed E-state index contributed by atoms with van der Waals surface area (Å²) in [7, 11) is 0. The van der Waals surface area contributed by atoms with Crippen LogP contribution in [0.15, 0.2) is 77.8 Å². The lowest BCUT2D eigenvalue weighted by Gasteiger charge is -2.34. The molecule has 4 rings (SSSR count). The van der Waals surface area contributed by atoms with Crippen LogP contribution in [0.5, 0.6) is 0 Å². The molecule has 0 fully saturated rings. The van der Waals surface area contributed by atoms with E-state index in [0.717, 1.165) is 17.7 Å². The van der Waals surface area contributed by atoms with Crippen LogP contribution in [0.2, 0.25) is 0 Å². The molecule has 1 aliphatic heterocycles. The Balaban J connectivity index is 1.68. The highest BCUT2D eigenvalue weighted by Gasteiger charge is 2.49. The van der Waals surface area contributed by atoms with Gasteiger partial charge in [-0.1, -0.05) is 48.6 Å². The van der Waals surface area contributed by atoms with Crippen molar-refractivity contribution in [2.24, 2.45) is 4.99 Å². The summed E-state index contributed by atoms with van der Waals surface area (Å²) >= 11 is 0. The van der Waals surface area contributed by atoms with Crippen LogP contribution < -0.4 is 0 Å². The van der Waals surface area contributed by atoms with Crippen LogP contribution in [0.3, 0.4) is 0 Å². The van der Waals surface area contributed by atoms with E-state index >= 15 is 0 Å². The normalized spacial score (nSPS) is 25.8.